The van der Waals surface area contributed by atoms with Crippen LogP contribution in [-0.2, 0) is 33.4 Å². The second-order valence-electron chi connectivity index (χ2n) is 10.7. The first-order valence-corrected chi connectivity index (χ1v) is 12.9. The maximum absolute atomic E-state index is 12.5. The molecule has 1 aliphatic rings. The summed E-state index contributed by atoms with van der Waals surface area (Å²) in [7, 11) is 0. The van der Waals surface area contributed by atoms with Gasteiger partial charge in [0.1, 0.15) is 12.9 Å². The monoisotopic (exact) mass is 497 g/mol. The van der Waals surface area contributed by atoms with Crippen molar-refractivity contribution in [1.82, 2.24) is 5.06 Å². The Kier molecular flexibility index (Phi) is 13.1. The van der Waals surface area contributed by atoms with Crippen molar-refractivity contribution in [1.29, 1.82) is 0 Å². The summed E-state index contributed by atoms with van der Waals surface area (Å²) in [5.41, 5.74) is -0.717. The van der Waals surface area contributed by atoms with Gasteiger partial charge in [0, 0.05) is 35.9 Å². The number of hydroxylamine groups is 2. The average Bonchev–Trinajstić information content (AvgIpc) is 2.75. The molecule has 1 saturated heterocycles. The van der Waals surface area contributed by atoms with Crippen molar-refractivity contribution < 1.29 is 33.4 Å². The van der Waals surface area contributed by atoms with Gasteiger partial charge in [0.25, 0.3) is 0 Å². The van der Waals surface area contributed by atoms with E-state index in [-0.39, 0.29) is 26.1 Å². The van der Waals surface area contributed by atoms with E-state index in [1.165, 1.54) is 25.7 Å². The molecule has 35 heavy (non-hydrogen) atoms. The Morgan fingerprint density at radius 3 is 2.11 bits per heavy atom. The highest BCUT2D eigenvalue weighted by atomic mass is 16.7. The molecular weight excluding hydrogens is 450 g/mol. The molecule has 1 rings (SSSR count). The molecule has 0 amide bonds. The Hall–Kier alpha value is -1.77. The maximum Gasteiger partial charge on any atom is 0.333 e. The van der Waals surface area contributed by atoms with E-state index in [9.17, 15) is 14.4 Å². The largest absolute Gasteiger partial charge is 0.460 e. The van der Waals surface area contributed by atoms with Crippen molar-refractivity contribution in [3.8, 4) is 0 Å². The summed E-state index contributed by atoms with van der Waals surface area (Å²) in [6.45, 7) is 16.2. The Labute approximate surface area is 211 Å². The molecule has 0 saturated carbocycles. The van der Waals surface area contributed by atoms with Crippen molar-refractivity contribution in [2.45, 2.75) is 123 Å². The summed E-state index contributed by atoms with van der Waals surface area (Å²) in [6, 6.07) is 0. The van der Waals surface area contributed by atoms with E-state index in [2.05, 4.69) is 13.5 Å². The quantitative estimate of drug-likeness (QED) is 0.0880. The zero-order valence-corrected chi connectivity index (χ0v) is 22.8. The summed E-state index contributed by atoms with van der Waals surface area (Å²) >= 11 is 0. The number of rotatable bonds is 17. The van der Waals surface area contributed by atoms with Gasteiger partial charge in [-0.15, -0.1) is 0 Å². The number of carbonyl (C=O) groups is 3. The first kappa shape index (κ1) is 31.3. The lowest BCUT2D eigenvalue weighted by molar-refractivity contribution is -0.349. The van der Waals surface area contributed by atoms with Crippen LogP contribution in [0.2, 0.25) is 0 Å². The van der Waals surface area contributed by atoms with E-state index in [0.29, 0.717) is 31.3 Å². The molecule has 0 N–H and O–H groups in total. The lowest BCUT2D eigenvalue weighted by atomic mass is 9.77. The molecule has 1 fully saturated rings. The zero-order chi connectivity index (χ0) is 26.5. The molecule has 0 radical (unpaired) electrons. The molecule has 0 spiro atoms. The fraction of sp³-hybridized carbons (Fsp3) is 0.815. The predicted octanol–water partition coefficient (Wildman–Crippen LogP) is 5.29. The summed E-state index contributed by atoms with van der Waals surface area (Å²) in [6.07, 6.45) is 8.59. The van der Waals surface area contributed by atoms with E-state index < -0.39 is 28.8 Å². The molecule has 1 aliphatic heterocycles. The van der Waals surface area contributed by atoms with Gasteiger partial charge >= 0.3 is 11.9 Å². The fourth-order valence-electron chi connectivity index (χ4n) is 4.86. The van der Waals surface area contributed by atoms with E-state index in [4.69, 9.17) is 19.0 Å². The van der Waals surface area contributed by atoms with Crippen molar-refractivity contribution >= 4 is 18.2 Å². The molecule has 0 atom stereocenters. The summed E-state index contributed by atoms with van der Waals surface area (Å²) < 4.78 is 17.2. The van der Waals surface area contributed by atoms with Crippen LogP contribution in [0.25, 0.3) is 0 Å². The Balaban J connectivity index is 2.88. The molecule has 8 nitrogen and oxygen atoms in total. The predicted molar refractivity (Wildman–Crippen MR) is 134 cm³/mol. The molecule has 202 valence electrons. The molecule has 8 heteroatoms. The number of esters is 2. The topological polar surface area (TPSA) is 91.4 Å². The first-order chi connectivity index (χ1) is 16.4. The van der Waals surface area contributed by atoms with Crippen LogP contribution in [0.3, 0.4) is 0 Å². The van der Waals surface area contributed by atoms with Crippen LogP contribution in [0, 0.1) is 0 Å². The second-order valence-corrected chi connectivity index (χ2v) is 10.7. The van der Waals surface area contributed by atoms with Gasteiger partial charge in [0.05, 0.1) is 19.6 Å². The lowest BCUT2D eigenvalue weighted by Gasteiger charge is -2.56. The highest BCUT2D eigenvalue weighted by Gasteiger charge is 2.56. The van der Waals surface area contributed by atoms with Gasteiger partial charge in [-0.1, -0.05) is 45.6 Å². The van der Waals surface area contributed by atoms with Crippen molar-refractivity contribution in [2.24, 2.45) is 0 Å². The third kappa shape index (κ3) is 10.8. The Morgan fingerprint density at radius 2 is 1.54 bits per heavy atom. The van der Waals surface area contributed by atoms with Gasteiger partial charge in [-0.2, -0.15) is 5.06 Å². The van der Waals surface area contributed by atoms with Crippen LogP contribution in [0.5, 0.6) is 0 Å². The van der Waals surface area contributed by atoms with Gasteiger partial charge in [0.15, 0.2) is 0 Å². The molecule has 0 unspecified atom stereocenters. The van der Waals surface area contributed by atoms with Crippen LogP contribution >= 0.6 is 0 Å². The van der Waals surface area contributed by atoms with Crippen LogP contribution < -0.4 is 0 Å². The Morgan fingerprint density at radius 1 is 0.943 bits per heavy atom. The number of nitrogens with zero attached hydrogens (tertiary/aromatic N) is 1. The lowest BCUT2D eigenvalue weighted by Crippen LogP contribution is -2.66. The number of piperidine rings is 1. The van der Waals surface area contributed by atoms with E-state index >= 15 is 0 Å². The van der Waals surface area contributed by atoms with E-state index in [1.807, 2.05) is 32.8 Å². The van der Waals surface area contributed by atoms with E-state index in [0.717, 1.165) is 12.8 Å². The van der Waals surface area contributed by atoms with Crippen LogP contribution in [-0.4, -0.2) is 60.0 Å². The molecule has 0 aliphatic carbocycles. The summed E-state index contributed by atoms with van der Waals surface area (Å²) in [5.74, 6) is -2.23. The minimum absolute atomic E-state index is 0.0123. The SMILES string of the molecule is C=C(C)C(=O)OCCOC1(OC(=O)CCC=O)CC(C)(C)N(OCCCCCCCC)C(C)(C)C1. The van der Waals surface area contributed by atoms with Crippen LogP contribution in [0.1, 0.15) is 106 Å². The number of hydrogen-bond acceptors (Lipinski definition) is 8. The third-order valence-corrected chi connectivity index (χ3v) is 6.02. The van der Waals surface area contributed by atoms with Gasteiger partial charge < -0.3 is 19.0 Å². The van der Waals surface area contributed by atoms with Gasteiger partial charge in [-0.25, -0.2) is 4.79 Å². The van der Waals surface area contributed by atoms with Gasteiger partial charge in [-0.3, -0.25) is 9.63 Å². The minimum Gasteiger partial charge on any atom is -0.460 e. The van der Waals surface area contributed by atoms with Gasteiger partial charge in [-0.05, 0) is 41.0 Å². The third-order valence-electron chi connectivity index (χ3n) is 6.02. The fourth-order valence-corrected chi connectivity index (χ4v) is 4.86. The molecular formula is C27H47NO7. The standard InChI is InChI=1S/C27H47NO7/c1-8-9-10-11-12-13-17-34-28-25(4,5)20-27(21-26(28,6)7,35-23(30)15-14-16-29)33-19-18-32-24(31)22(2)3/h16H,2,8-15,17-21H2,1,3-7H3. The van der Waals surface area contributed by atoms with E-state index in [1.54, 1.807) is 6.92 Å². The van der Waals surface area contributed by atoms with Gasteiger partial charge in [0.2, 0.25) is 5.79 Å². The smallest absolute Gasteiger partial charge is 0.333 e. The molecule has 0 aromatic heterocycles. The average molecular weight is 498 g/mol. The highest BCUT2D eigenvalue weighted by molar-refractivity contribution is 5.86. The van der Waals surface area contributed by atoms with Crippen molar-refractivity contribution in [3.05, 3.63) is 12.2 Å². The molecule has 0 aromatic rings. The summed E-state index contributed by atoms with van der Waals surface area (Å²) in [4.78, 5) is 41.2. The number of unbranched alkanes of at least 4 members (excludes halogenated alkanes) is 5. The summed E-state index contributed by atoms with van der Waals surface area (Å²) in [5, 5.41) is 2.01. The first-order valence-electron chi connectivity index (χ1n) is 12.9. The minimum atomic E-state index is -1.23. The number of aldehydes is 1. The molecule has 0 aromatic carbocycles. The van der Waals surface area contributed by atoms with Crippen LogP contribution in [0.4, 0.5) is 0 Å². The van der Waals surface area contributed by atoms with Crippen molar-refractivity contribution in [2.75, 3.05) is 19.8 Å². The maximum atomic E-state index is 12.5. The Bertz CT molecular complexity index is 684. The van der Waals surface area contributed by atoms with Crippen molar-refractivity contribution in [3.63, 3.8) is 0 Å². The second kappa shape index (κ2) is 14.7. The molecule has 0 bridgehead atoms. The van der Waals surface area contributed by atoms with Crippen LogP contribution in [0.15, 0.2) is 12.2 Å². The zero-order valence-electron chi connectivity index (χ0n) is 22.8. The highest BCUT2D eigenvalue weighted by Crippen LogP contribution is 2.46. The number of hydrogen-bond donors (Lipinski definition) is 0. The number of ether oxygens (including phenoxy) is 3. The molecule has 1 heterocycles. The normalized spacial score (nSPS) is 18.6. The number of carbonyl (C=O) groups excluding carboxylic acids is 3.